The summed E-state index contributed by atoms with van der Waals surface area (Å²) < 4.78 is 0. The lowest BCUT2D eigenvalue weighted by molar-refractivity contribution is -0.384. The third-order valence-corrected chi connectivity index (χ3v) is 5.21. The highest BCUT2D eigenvalue weighted by molar-refractivity contribution is 5.95. The largest absolute Gasteiger partial charge is 0.271 e. The maximum Gasteiger partial charge on any atom is 0.271 e. The van der Waals surface area contributed by atoms with Crippen LogP contribution in [0.4, 0.5) is 5.69 Å². The van der Waals surface area contributed by atoms with Crippen LogP contribution >= 0.6 is 0 Å². The number of carbonyl (C=O) groups is 1. The van der Waals surface area contributed by atoms with Crippen molar-refractivity contribution in [3.05, 3.63) is 51.6 Å². The average molecular weight is 313 g/mol. The van der Waals surface area contributed by atoms with Crippen molar-refractivity contribution >= 4 is 17.8 Å². The van der Waals surface area contributed by atoms with Gasteiger partial charge in [-0.25, -0.2) is 5.43 Å². The van der Waals surface area contributed by atoms with Crippen LogP contribution in [0.1, 0.15) is 37.0 Å². The number of benzene rings is 1. The summed E-state index contributed by atoms with van der Waals surface area (Å²) in [6, 6.07) is 5.60. The first-order valence-corrected chi connectivity index (χ1v) is 7.67. The zero-order valence-corrected chi connectivity index (χ0v) is 13.2. The van der Waals surface area contributed by atoms with E-state index in [2.05, 4.69) is 30.5 Å². The molecule has 0 unspecified atom stereocenters. The number of hydrazone groups is 1. The molecule has 6 heteroatoms. The molecule has 0 spiro atoms. The lowest BCUT2D eigenvalue weighted by atomic mass is 9.49. The van der Waals surface area contributed by atoms with Gasteiger partial charge in [0.05, 0.1) is 11.1 Å². The summed E-state index contributed by atoms with van der Waals surface area (Å²) >= 11 is 0. The van der Waals surface area contributed by atoms with Crippen LogP contribution in [0, 0.1) is 27.4 Å². The quantitative estimate of drug-likeness (QED) is 0.526. The summed E-state index contributed by atoms with van der Waals surface area (Å²) in [6.45, 7) is 4.54. The number of carbonyl (C=O) groups excluding carboxylic acids is 1. The third-order valence-electron chi connectivity index (χ3n) is 5.21. The molecule has 0 aliphatic heterocycles. The molecule has 4 rings (SSSR count). The van der Waals surface area contributed by atoms with E-state index in [1.807, 2.05) is 0 Å². The van der Waals surface area contributed by atoms with E-state index in [4.69, 9.17) is 0 Å². The van der Waals surface area contributed by atoms with Gasteiger partial charge in [0.25, 0.3) is 11.6 Å². The summed E-state index contributed by atoms with van der Waals surface area (Å²) in [5.74, 6) is 0.802. The van der Waals surface area contributed by atoms with Gasteiger partial charge < -0.3 is 0 Å². The Morgan fingerprint density at radius 2 is 2.26 bits per heavy atom. The molecule has 6 nitrogen and oxygen atoms in total. The van der Waals surface area contributed by atoms with Gasteiger partial charge in [0.15, 0.2) is 0 Å². The van der Waals surface area contributed by atoms with E-state index in [1.54, 1.807) is 6.21 Å². The molecule has 2 atom stereocenters. The molecule has 120 valence electrons. The second-order valence-electron chi connectivity index (χ2n) is 6.75. The fourth-order valence-electron chi connectivity index (χ4n) is 3.54. The number of nitro groups is 1. The van der Waals surface area contributed by atoms with E-state index in [1.165, 1.54) is 30.7 Å². The van der Waals surface area contributed by atoms with Gasteiger partial charge in [-0.15, -0.1) is 0 Å². The molecule has 3 aliphatic rings. The number of rotatable bonds is 4. The molecule has 1 aromatic rings. The number of nitrogens with zero attached hydrogens (tertiary/aromatic N) is 2. The zero-order valence-electron chi connectivity index (χ0n) is 13.2. The van der Waals surface area contributed by atoms with Gasteiger partial charge in [0.2, 0.25) is 0 Å². The maximum atomic E-state index is 12.0. The van der Waals surface area contributed by atoms with Gasteiger partial charge in [0, 0.05) is 17.7 Å². The minimum atomic E-state index is -0.526. The number of non-ortho nitro benzene ring substituents is 1. The Kier molecular flexibility index (Phi) is 3.75. The molecule has 1 aromatic carbocycles. The maximum absolute atomic E-state index is 12.0. The van der Waals surface area contributed by atoms with Crippen LogP contribution in [0.5, 0.6) is 0 Å². The third kappa shape index (κ3) is 2.76. The second-order valence-corrected chi connectivity index (χ2v) is 6.75. The molecule has 1 saturated carbocycles. The van der Waals surface area contributed by atoms with Crippen molar-refractivity contribution in [2.24, 2.45) is 22.4 Å². The lowest BCUT2D eigenvalue weighted by Gasteiger charge is -2.55. The van der Waals surface area contributed by atoms with Crippen LogP contribution in [0.3, 0.4) is 0 Å². The van der Waals surface area contributed by atoms with Gasteiger partial charge in [-0.3, -0.25) is 14.9 Å². The zero-order chi connectivity index (χ0) is 16.6. The first-order chi connectivity index (χ1) is 10.9. The number of hydrogen-bond acceptors (Lipinski definition) is 4. The molecule has 3 aliphatic carbocycles. The molecule has 1 fully saturated rings. The Morgan fingerprint density at radius 1 is 1.48 bits per heavy atom. The highest BCUT2D eigenvalue weighted by atomic mass is 16.6. The van der Waals surface area contributed by atoms with Crippen LogP contribution in [-0.4, -0.2) is 17.0 Å². The fourth-order valence-corrected chi connectivity index (χ4v) is 3.54. The van der Waals surface area contributed by atoms with Crippen LogP contribution in [-0.2, 0) is 0 Å². The number of hydrogen-bond donors (Lipinski definition) is 1. The van der Waals surface area contributed by atoms with E-state index in [0.717, 1.165) is 17.9 Å². The molecular formula is C17H19N3O3. The molecule has 0 heterocycles. The van der Waals surface area contributed by atoms with E-state index in [9.17, 15) is 14.9 Å². The van der Waals surface area contributed by atoms with Crippen LogP contribution in [0.25, 0.3) is 0 Å². The Balaban J connectivity index is 1.64. The molecule has 0 saturated heterocycles. The molecule has 0 aromatic heterocycles. The molecule has 23 heavy (non-hydrogen) atoms. The Bertz CT molecular complexity index is 722. The first-order valence-electron chi connectivity index (χ1n) is 7.67. The fraction of sp³-hybridized carbons (Fsp3) is 0.412. The Labute approximate surface area is 134 Å². The van der Waals surface area contributed by atoms with E-state index in [-0.39, 0.29) is 11.3 Å². The topological polar surface area (TPSA) is 84.6 Å². The predicted molar refractivity (Wildman–Crippen MR) is 87.1 cm³/mol. The highest BCUT2D eigenvalue weighted by Crippen LogP contribution is 2.58. The summed E-state index contributed by atoms with van der Waals surface area (Å²) in [7, 11) is 0. The number of nitro benzene ring substituents is 1. The molecule has 2 bridgehead atoms. The van der Waals surface area contributed by atoms with Gasteiger partial charge in [-0.1, -0.05) is 26.0 Å². The van der Waals surface area contributed by atoms with Crippen molar-refractivity contribution in [2.75, 3.05) is 0 Å². The van der Waals surface area contributed by atoms with Crippen molar-refractivity contribution < 1.29 is 9.72 Å². The summed E-state index contributed by atoms with van der Waals surface area (Å²) in [5, 5.41) is 14.8. The standard InChI is InChI=1S/C17H19N3O3/c1-17(2)13-7-6-12(15(17)9-13)10-18-19-16(21)11-4-3-5-14(8-11)20(22)23/h3-6,8,10,13,15H,7,9H2,1-2H3,(H,19,21)/t13-,15+/m0/s1. The van der Waals surface area contributed by atoms with Gasteiger partial charge in [0.1, 0.15) is 0 Å². The van der Waals surface area contributed by atoms with Crippen molar-refractivity contribution in [1.82, 2.24) is 5.43 Å². The normalized spacial score (nSPS) is 24.7. The molecule has 0 radical (unpaired) electrons. The Morgan fingerprint density at radius 3 is 2.91 bits per heavy atom. The lowest BCUT2D eigenvalue weighted by Crippen LogP contribution is -2.48. The minimum Gasteiger partial charge on any atom is -0.267 e. The Hall–Kier alpha value is -2.50. The number of amides is 1. The predicted octanol–water partition coefficient (Wildman–Crippen LogP) is 3.30. The summed E-state index contributed by atoms with van der Waals surface area (Å²) in [6.07, 6.45) is 6.14. The number of nitrogens with one attached hydrogen (secondary N) is 1. The average Bonchev–Trinajstić information content (AvgIpc) is 2.54. The van der Waals surface area contributed by atoms with Gasteiger partial charge in [-0.2, -0.15) is 5.10 Å². The van der Waals surface area contributed by atoms with Crippen molar-refractivity contribution in [3.63, 3.8) is 0 Å². The monoisotopic (exact) mass is 313 g/mol. The SMILES string of the molecule is CC1(C)[C@H]2CC=C(C=NNC(=O)c3cccc([N+](=O)[O-])c3)[C@H]1C2. The summed E-state index contributed by atoms with van der Waals surface area (Å²) in [5.41, 5.74) is 4.02. The minimum absolute atomic E-state index is 0.112. The highest BCUT2D eigenvalue weighted by Gasteiger charge is 2.50. The van der Waals surface area contributed by atoms with Crippen LogP contribution < -0.4 is 5.43 Å². The van der Waals surface area contributed by atoms with Crippen molar-refractivity contribution in [2.45, 2.75) is 26.7 Å². The number of allylic oxidation sites excluding steroid dienone is 2. The van der Waals surface area contributed by atoms with E-state index >= 15 is 0 Å². The summed E-state index contributed by atoms with van der Waals surface area (Å²) in [4.78, 5) is 22.2. The van der Waals surface area contributed by atoms with Gasteiger partial charge in [-0.05, 0) is 41.7 Å². The van der Waals surface area contributed by atoms with Crippen LogP contribution in [0.2, 0.25) is 0 Å². The smallest absolute Gasteiger partial charge is 0.267 e. The molecular weight excluding hydrogens is 294 g/mol. The first kappa shape index (κ1) is 15.4. The van der Waals surface area contributed by atoms with Crippen LogP contribution in [0.15, 0.2) is 41.0 Å². The van der Waals surface area contributed by atoms with Crippen molar-refractivity contribution in [1.29, 1.82) is 0 Å². The van der Waals surface area contributed by atoms with Gasteiger partial charge >= 0.3 is 0 Å². The van der Waals surface area contributed by atoms with E-state index < -0.39 is 10.8 Å². The van der Waals surface area contributed by atoms with Crippen molar-refractivity contribution in [3.8, 4) is 0 Å². The number of fused-ring (bicyclic) bond motifs is 1. The van der Waals surface area contributed by atoms with E-state index in [0.29, 0.717) is 11.3 Å². The second kappa shape index (κ2) is 5.61. The molecule has 1 amide bonds. The molecule has 1 N–H and O–H groups in total.